The number of likely N-dealkylation sites (N-methyl/N-ethyl adjacent to an activating group) is 1. The Balaban J connectivity index is 1.90. The lowest BCUT2D eigenvalue weighted by molar-refractivity contribution is -0.135. The van der Waals surface area contributed by atoms with Gasteiger partial charge >= 0.3 is 0 Å². The van der Waals surface area contributed by atoms with Crippen molar-refractivity contribution in [3.63, 3.8) is 0 Å². The van der Waals surface area contributed by atoms with E-state index in [0.29, 0.717) is 19.7 Å². The maximum absolute atomic E-state index is 12.4. The quantitative estimate of drug-likeness (QED) is 0.876. The van der Waals surface area contributed by atoms with Gasteiger partial charge in [-0.2, -0.15) is 0 Å². The molecule has 0 aliphatic carbocycles. The average molecular weight is 292 g/mol. The first-order valence-corrected chi connectivity index (χ1v) is 7.37. The smallest absolute Gasteiger partial charge is 0.236 e. The molecule has 1 aliphatic rings. The van der Waals surface area contributed by atoms with E-state index in [0.717, 1.165) is 12.1 Å². The Morgan fingerprint density at radius 2 is 2.19 bits per heavy atom. The van der Waals surface area contributed by atoms with Crippen LogP contribution < -0.4 is 0 Å². The van der Waals surface area contributed by atoms with E-state index >= 15 is 0 Å². The summed E-state index contributed by atoms with van der Waals surface area (Å²) in [5.41, 5.74) is 1.13. The van der Waals surface area contributed by atoms with E-state index in [-0.39, 0.29) is 24.7 Å². The van der Waals surface area contributed by atoms with Crippen molar-refractivity contribution in [2.75, 3.05) is 39.9 Å². The predicted molar refractivity (Wildman–Crippen MR) is 80.9 cm³/mol. The molecule has 1 aromatic carbocycles. The molecule has 0 radical (unpaired) electrons. The summed E-state index contributed by atoms with van der Waals surface area (Å²) in [5, 5.41) is 9.14. The van der Waals surface area contributed by atoms with E-state index in [1.165, 1.54) is 0 Å². The fraction of sp³-hybridized carbons (Fsp3) is 0.562. The molecule has 1 saturated heterocycles. The fourth-order valence-corrected chi connectivity index (χ4v) is 2.51. The summed E-state index contributed by atoms with van der Waals surface area (Å²) >= 11 is 0. The Labute approximate surface area is 126 Å². The average Bonchev–Trinajstić information content (AvgIpc) is 2.54. The molecular formula is C16H24N2O3. The zero-order valence-corrected chi connectivity index (χ0v) is 12.7. The van der Waals surface area contributed by atoms with Gasteiger partial charge in [-0.25, -0.2) is 0 Å². The van der Waals surface area contributed by atoms with Gasteiger partial charge in [0.25, 0.3) is 0 Å². The van der Waals surface area contributed by atoms with E-state index < -0.39 is 0 Å². The summed E-state index contributed by atoms with van der Waals surface area (Å²) in [6, 6.07) is 10.1. The minimum absolute atomic E-state index is 0.000940. The lowest BCUT2D eigenvalue weighted by Gasteiger charge is -2.33. The van der Waals surface area contributed by atoms with Gasteiger partial charge in [0.1, 0.15) is 0 Å². The number of aliphatic hydroxyl groups excluding tert-OH is 1. The van der Waals surface area contributed by atoms with E-state index in [4.69, 9.17) is 9.84 Å². The molecule has 0 bridgehead atoms. The topological polar surface area (TPSA) is 53.0 Å². The molecule has 0 saturated carbocycles. The van der Waals surface area contributed by atoms with Crippen molar-refractivity contribution >= 4 is 5.91 Å². The van der Waals surface area contributed by atoms with Gasteiger partial charge in [0.15, 0.2) is 0 Å². The van der Waals surface area contributed by atoms with Crippen molar-refractivity contribution in [1.29, 1.82) is 0 Å². The first-order chi connectivity index (χ1) is 10.1. The van der Waals surface area contributed by atoms with Crippen LogP contribution >= 0.6 is 0 Å². The van der Waals surface area contributed by atoms with Gasteiger partial charge in [0, 0.05) is 20.1 Å². The second-order valence-electron chi connectivity index (χ2n) is 5.50. The van der Waals surface area contributed by atoms with Crippen molar-refractivity contribution < 1.29 is 14.6 Å². The SMILES string of the molecule is CC(c1ccccc1)N(C)C(=O)CN1CCOC(CO)C1. The number of hydrogen-bond donors (Lipinski definition) is 1. The number of nitrogens with zero attached hydrogens (tertiary/aromatic N) is 2. The largest absolute Gasteiger partial charge is 0.394 e. The van der Waals surface area contributed by atoms with E-state index in [1.54, 1.807) is 4.90 Å². The number of amides is 1. The second kappa shape index (κ2) is 7.54. The summed E-state index contributed by atoms with van der Waals surface area (Å²) in [5.74, 6) is 0.0879. The van der Waals surface area contributed by atoms with Gasteiger partial charge in [0.2, 0.25) is 5.91 Å². The Hall–Kier alpha value is -1.43. The molecular weight excluding hydrogens is 268 g/mol. The maximum Gasteiger partial charge on any atom is 0.236 e. The molecule has 1 N–H and O–H groups in total. The van der Waals surface area contributed by atoms with E-state index in [2.05, 4.69) is 0 Å². The lowest BCUT2D eigenvalue weighted by atomic mass is 10.1. The van der Waals surface area contributed by atoms with E-state index in [1.807, 2.05) is 49.2 Å². The van der Waals surface area contributed by atoms with Crippen LogP contribution in [-0.2, 0) is 9.53 Å². The van der Waals surface area contributed by atoms with Crippen molar-refractivity contribution in [2.45, 2.75) is 19.1 Å². The third-order valence-electron chi connectivity index (χ3n) is 4.04. The third kappa shape index (κ3) is 4.27. The predicted octanol–water partition coefficient (Wildman–Crippen LogP) is 0.899. The molecule has 1 fully saturated rings. The van der Waals surface area contributed by atoms with Crippen LogP contribution in [0.2, 0.25) is 0 Å². The minimum atomic E-state index is -0.177. The van der Waals surface area contributed by atoms with Gasteiger partial charge in [-0.15, -0.1) is 0 Å². The highest BCUT2D eigenvalue weighted by Gasteiger charge is 2.24. The number of carbonyl (C=O) groups is 1. The van der Waals surface area contributed by atoms with Crippen LogP contribution in [0.15, 0.2) is 30.3 Å². The number of benzene rings is 1. The van der Waals surface area contributed by atoms with Crippen molar-refractivity contribution in [3.05, 3.63) is 35.9 Å². The van der Waals surface area contributed by atoms with Crippen LogP contribution in [0.3, 0.4) is 0 Å². The summed E-state index contributed by atoms with van der Waals surface area (Å²) in [6.07, 6.45) is -0.177. The summed E-state index contributed by atoms with van der Waals surface area (Å²) in [7, 11) is 1.84. The molecule has 2 unspecified atom stereocenters. The fourth-order valence-electron chi connectivity index (χ4n) is 2.51. The summed E-state index contributed by atoms with van der Waals surface area (Å²) < 4.78 is 5.40. The number of aliphatic hydroxyl groups is 1. The van der Waals surface area contributed by atoms with Crippen LogP contribution in [0.25, 0.3) is 0 Å². The van der Waals surface area contributed by atoms with Gasteiger partial charge in [0.05, 0.1) is 31.9 Å². The highest BCUT2D eigenvalue weighted by Crippen LogP contribution is 2.18. The van der Waals surface area contributed by atoms with E-state index in [9.17, 15) is 4.79 Å². The highest BCUT2D eigenvalue weighted by molar-refractivity contribution is 5.78. The Morgan fingerprint density at radius 3 is 2.86 bits per heavy atom. The van der Waals surface area contributed by atoms with Crippen LogP contribution in [-0.4, -0.2) is 66.8 Å². The molecule has 1 amide bonds. The van der Waals surface area contributed by atoms with Crippen molar-refractivity contribution in [1.82, 2.24) is 9.80 Å². The molecule has 0 aromatic heterocycles. The van der Waals surface area contributed by atoms with Crippen LogP contribution in [0.5, 0.6) is 0 Å². The minimum Gasteiger partial charge on any atom is -0.394 e. The Kier molecular flexibility index (Phi) is 5.73. The molecule has 116 valence electrons. The zero-order chi connectivity index (χ0) is 15.2. The molecule has 0 spiro atoms. The van der Waals surface area contributed by atoms with Gasteiger partial charge in [-0.1, -0.05) is 30.3 Å². The van der Waals surface area contributed by atoms with Crippen LogP contribution in [0, 0.1) is 0 Å². The number of rotatable bonds is 5. The summed E-state index contributed by atoms with van der Waals surface area (Å²) in [4.78, 5) is 16.2. The molecule has 1 aromatic rings. The molecule has 2 rings (SSSR count). The summed E-state index contributed by atoms with van der Waals surface area (Å²) in [6.45, 7) is 4.31. The first-order valence-electron chi connectivity index (χ1n) is 7.37. The van der Waals surface area contributed by atoms with Gasteiger partial charge < -0.3 is 14.7 Å². The number of ether oxygens (including phenoxy) is 1. The maximum atomic E-state index is 12.4. The van der Waals surface area contributed by atoms with Gasteiger partial charge in [-0.05, 0) is 12.5 Å². The molecule has 1 heterocycles. The molecule has 1 aliphatic heterocycles. The van der Waals surface area contributed by atoms with Crippen molar-refractivity contribution in [2.24, 2.45) is 0 Å². The zero-order valence-electron chi connectivity index (χ0n) is 12.7. The number of morpholine rings is 1. The number of carbonyl (C=O) groups excluding carboxylic acids is 1. The molecule has 5 nitrogen and oxygen atoms in total. The third-order valence-corrected chi connectivity index (χ3v) is 4.04. The lowest BCUT2D eigenvalue weighted by Crippen LogP contribution is -2.48. The standard InChI is InChI=1S/C16H24N2O3/c1-13(14-6-4-3-5-7-14)17(2)16(20)11-18-8-9-21-15(10-18)12-19/h3-7,13,15,19H,8-12H2,1-2H3. The Bertz CT molecular complexity index is 452. The van der Waals surface area contributed by atoms with Crippen LogP contribution in [0.4, 0.5) is 0 Å². The van der Waals surface area contributed by atoms with Crippen molar-refractivity contribution in [3.8, 4) is 0 Å². The van der Waals surface area contributed by atoms with Gasteiger partial charge in [-0.3, -0.25) is 9.69 Å². The first kappa shape index (κ1) is 15.9. The highest BCUT2D eigenvalue weighted by atomic mass is 16.5. The number of hydrogen-bond acceptors (Lipinski definition) is 4. The molecule has 2 atom stereocenters. The normalized spacial score (nSPS) is 21.0. The molecule has 21 heavy (non-hydrogen) atoms. The second-order valence-corrected chi connectivity index (χ2v) is 5.50. The molecule has 5 heteroatoms. The Morgan fingerprint density at radius 1 is 1.48 bits per heavy atom. The van der Waals surface area contributed by atoms with Crippen LogP contribution in [0.1, 0.15) is 18.5 Å². The monoisotopic (exact) mass is 292 g/mol.